The van der Waals surface area contributed by atoms with Crippen molar-refractivity contribution in [1.82, 2.24) is 9.97 Å². The third-order valence-corrected chi connectivity index (χ3v) is 7.10. The molecule has 0 saturated heterocycles. The molecular formula is C24H21F2N3O2S2. The van der Waals surface area contributed by atoms with E-state index in [1.807, 2.05) is 37.4 Å². The van der Waals surface area contributed by atoms with Crippen molar-refractivity contribution in [2.75, 3.05) is 16.7 Å². The average molecular weight is 486 g/mol. The van der Waals surface area contributed by atoms with E-state index in [0.29, 0.717) is 23.2 Å². The van der Waals surface area contributed by atoms with Crippen LogP contribution in [0, 0.1) is 11.6 Å². The monoisotopic (exact) mass is 485 g/mol. The van der Waals surface area contributed by atoms with Gasteiger partial charge >= 0.3 is 0 Å². The summed E-state index contributed by atoms with van der Waals surface area (Å²) in [7, 11) is -1.54. The lowest BCUT2D eigenvalue weighted by Gasteiger charge is -2.10. The van der Waals surface area contributed by atoms with Crippen LogP contribution in [0.2, 0.25) is 0 Å². The molecule has 0 aliphatic carbocycles. The number of aromatic amines is 1. The summed E-state index contributed by atoms with van der Waals surface area (Å²) in [6, 6.07) is 11.8. The van der Waals surface area contributed by atoms with Gasteiger partial charge in [0, 0.05) is 39.6 Å². The van der Waals surface area contributed by atoms with Crippen molar-refractivity contribution in [2.24, 2.45) is 0 Å². The van der Waals surface area contributed by atoms with Crippen LogP contribution >= 0.6 is 11.8 Å². The molecule has 33 heavy (non-hydrogen) atoms. The van der Waals surface area contributed by atoms with E-state index in [2.05, 4.69) is 14.7 Å². The summed E-state index contributed by atoms with van der Waals surface area (Å²) < 4.78 is 44.2. The normalized spacial score (nSPS) is 12.1. The number of pyridine rings is 1. The number of nitrogens with zero attached hydrogens (tertiary/aromatic N) is 1. The van der Waals surface area contributed by atoms with Crippen LogP contribution in [0.25, 0.3) is 22.2 Å². The fourth-order valence-electron chi connectivity index (χ4n) is 3.47. The molecular weight excluding hydrogens is 464 g/mol. The zero-order chi connectivity index (χ0) is 23.5. The molecule has 0 amide bonds. The molecule has 1 atom stereocenters. The highest BCUT2D eigenvalue weighted by Gasteiger charge is 2.25. The predicted molar refractivity (Wildman–Crippen MR) is 130 cm³/mol. The largest absolute Gasteiger partial charge is 0.345 e. The fraction of sp³-hybridized carbons (Fsp3) is 0.167. The second-order valence-electron chi connectivity index (χ2n) is 7.32. The third kappa shape index (κ3) is 4.69. The number of aromatic nitrogens is 2. The number of nitrogens with one attached hydrogen (secondary N) is 2. The number of rotatable bonds is 8. The molecule has 5 nitrogen and oxygen atoms in total. The summed E-state index contributed by atoms with van der Waals surface area (Å²) in [5, 5.41) is 0.457. The van der Waals surface area contributed by atoms with Crippen LogP contribution in [0.5, 0.6) is 0 Å². The maximum atomic E-state index is 15.1. The standard InChI is InChI=1S/C24H21F2N3O2S2/c1-3-10-33(31)29-20-9-8-19(25)21(22(20)26)23(30)18-13-28-24-17(18)11-15(12-27-24)14-4-6-16(32-2)7-5-14/h4-9,11-13,29H,3,10H2,1-2H3,(H,27,28). The lowest BCUT2D eigenvalue weighted by atomic mass is 10.00. The van der Waals surface area contributed by atoms with Crippen molar-refractivity contribution in [3.8, 4) is 11.1 Å². The number of benzene rings is 2. The van der Waals surface area contributed by atoms with Crippen LogP contribution in [0.1, 0.15) is 29.3 Å². The molecule has 1 unspecified atom stereocenters. The van der Waals surface area contributed by atoms with Crippen LogP contribution in [0.4, 0.5) is 14.5 Å². The second kappa shape index (κ2) is 9.84. The third-order valence-electron chi connectivity index (χ3n) is 5.13. The maximum absolute atomic E-state index is 15.1. The van der Waals surface area contributed by atoms with Crippen molar-refractivity contribution in [3.05, 3.63) is 77.6 Å². The number of thioether (sulfide) groups is 1. The summed E-state index contributed by atoms with van der Waals surface area (Å²) in [6.45, 7) is 1.84. The molecule has 4 aromatic rings. The predicted octanol–water partition coefficient (Wildman–Crippen LogP) is 5.95. The number of anilines is 1. The molecule has 0 bridgehead atoms. The highest BCUT2D eigenvalue weighted by atomic mass is 32.2. The summed E-state index contributed by atoms with van der Waals surface area (Å²) >= 11 is 1.63. The Morgan fingerprint density at radius 2 is 1.91 bits per heavy atom. The minimum absolute atomic E-state index is 0.102. The Morgan fingerprint density at radius 3 is 2.61 bits per heavy atom. The van der Waals surface area contributed by atoms with E-state index in [0.717, 1.165) is 28.2 Å². The van der Waals surface area contributed by atoms with Gasteiger partial charge in [0.15, 0.2) is 5.82 Å². The first-order valence-electron chi connectivity index (χ1n) is 10.2. The lowest BCUT2D eigenvalue weighted by Crippen LogP contribution is -2.13. The number of hydrogen-bond donors (Lipinski definition) is 2. The van der Waals surface area contributed by atoms with Crippen molar-refractivity contribution < 1.29 is 17.8 Å². The molecule has 0 fully saturated rings. The SMILES string of the molecule is CCCS(=O)Nc1ccc(F)c(C(=O)c2c[nH]c3ncc(-c4ccc(SC)cc4)cc23)c1F. The summed E-state index contributed by atoms with van der Waals surface area (Å²) in [5.41, 5.74) is 1.33. The fourth-order valence-corrected chi connectivity index (χ4v) is 4.75. The minimum atomic E-state index is -1.54. The quantitative estimate of drug-likeness (QED) is 0.239. The van der Waals surface area contributed by atoms with Crippen molar-refractivity contribution in [3.63, 3.8) is 0 Å². The minimum Gasteiger partial charge on any atom is -0.345 e. The van der Waals surface area contributed by atoms with Gasteiger partial charge in [-0.2, -0.15) is 0 Å². The van der Waals surface area contributed by atoms with Crippen molar-refractivity contribution in [1.29, 1.82) is 0 Å². The highest BCUT2D eigenvalue weighted by Crippen LogP contribution is 2.30. The van der Waals surface area contributed by atoms with Gasteiger partial charge in [-0.15, -0.1) is 11.8 Å². The first-order valence-corrected chi connectivity index (χ1v) is 12.8. The summed E-state index contributed by atoms with van der Waals surface area (Å²) in [4.78, 5) is 21.6. The molecule has 0 aliphatic rings. The Hall–Kier alpha value is -3.04. The molecule has 0 aliphatic heterocycles. The van der Waals surface area contributed by atoms with E-state index in [4.69, 9.17) is 0 Å². The van der Waals surface area contributed by atoms with Crippen LogP contribution in [-0.4, -0.2) is 32.0 Å². The number of hydrogen-bond acceptors (Lipinski definition) is 4. The zero-order valence-corrected chi connectivity index (χ0v) is 19.6. The molecule has 0 radical (unpaired) electrons. The van der Waals surface area contributed by atoms with Gasteiger partial charge in [-0.1, -0.05) is 19.1 Å². The van der Waals surface area contributed by atoms with Crippen LogP contribution < -0.4 is 4.72 Å². The Balaban J connectivity index is 1.74. The van der Waals surface area contributed by atoms with E-state index in [1.165, 1.54) is 6.20 Å². The summed E-state index contributed by atoms with van der Waals surface area (Å²) in [6.07, 6.45) is 5.69. The van der Waals surface area contributed by atoms with Crippen molar-refractivity contribution in [2.45, 2.75) is 18.2 Å². The van der Waals surface area contributed by atoms with E-state index in [-0.39, 0.29) is 11.3 Å². The smallest absolute Gasteiger partial charge is 0.201 e. The molecule has 0 saturated carbocycles. The van der Waals surface area contributed by atoms with E-state index in [1.54, 1.807) is 24.0 Å². The van der Waals surface area contributed by atoms with Gasteiger partial charge in [0.25, 0.3) is 0 Å². The van der Waals surface area contributed by atoms with Crippen LogP contribution in [0.15, 0.2) is 59.8 Å². The van der Waals surface area contributed by atoms with Gasteiger partial charge in [0.05, 0.1) is 11.3 Å². The van der Waals surface area contributed by atoms with E-state index >= 15 is 4.39 Å². The second-order valence-corrected chi connectivity index (χ2v) is 9.50. The van der Waals surface area contributed by atoms with Gasteiger partial charge in [-0.3, -0.25) is 4.79 Å². The number of halogens is 2. The van der Waals surface area contributed by atoms with Gasteiger partial charge in [-0.05, 0) is 48.6 Å². The molecule has 9 heteroatoms. The Morgan fingerprint density at radius 1 is 1.15 bits per heavy atom. The molecule has 4 rings (SSSR count). The molecule has 2 aromatic carbocycles. The first-order chi connectivity index (χ1) is 15.9. The topological polar surface area (TPSA) is 74.8 Å². The molecule has 2 heterocycles. The van der Waals surface area contributed by atoms with Gasteiger partial charge in [-0.25, -0.2) is 18.0 Å². The Bertz CT molecular complexity index is 1350. The highest BCUT2D eigenvalue weighted by molar-refractivity contribution is 7.98. The first kappa shape index (κ1) is 23.1. The molecule has 2 N–H and O–H groups in total. The zero-order valence-electron chi connectivity index (χ0n) is 17.9. The maximum Gasteiger partial charge on any atom is 0.201 e. The number of ketones is 1. The Kier molecular flexibility index (Phi) is 6.90. The number of fused-ring (bicyclic) bond motifs is 1. The van der Waals surface area contributed by atoms with Gasteiger partial charge in [0.2, 0.25) is 5.78 Å². The molecule has 2 aromatic heterocycles. The molecule has 170 valence electrons. The van der Waals surface area contributed by atoms with Gasteiger partial charge in [0.1, 0.15) is 22.5 Å². The lowest BCUT2D eigenvalue weighted by molar-refractivity contribution is 0.103. The van der Waals surface area contributed by atoms with Crippen molar-refractivity contribution >= 4 is 45.3 Å². The van der Waals surface area contributed by atoms with Crippen LogP contribution in [0.3, 0.4) is 0 Å². The number of carbonyl (C=O) groups excluding carboxylic acids is 1. The molecule has 0 spiro atoms. The Labute approximate surface area is 196 Å². The number of H-pyrrole nitrogens is 1. The van der Waals surface area contributed by atoms with E-state index in [9.17, 15) is 13.4 Å². The van der Waals surface area contributed by atoms with Gasteiger partial charge < -0.3 is 9.71 Å². The average Bonchev–Trinajstić information content (AvgIpc) is 3.24. The number of carbonyl (C=O) groups is 1. The van der Waals surface area contributed by atoms with Crippen LogP contribution in [-0.2, 0) is 11.0 Å². The van der Waals surface area contributed by atoms with E-state index < -0.39 is 34.0 Å². The summed E-state index contributed by atoms with van der Waals surface area (Å²) in [5.74, 6) is -2.58.